The number of benzene rings is 3. The van der Waals surface area contributed by atoms with Crippen LogP contribution in [0.5, 0.6) is 0 Å². The predicted octanol–water partition coefficient (Wildman–Crippen LogP) is 4.87. The summed E-state index contributed by atoms with van der Waals surface area (Å²) in [5, 5.41) is 24.1. The molecule has 0 aliphatic rings. The fourth-order valence-electron chi connectivity index (χ4n) is 4.34. The zero-order chi connectivity index (χ0) is 26.9. The Bertz CT molecular complexity index is 1880. The number of ketones is 1. The molecule has 3 aromatic carbocycles. The lowest BCUT2D eigenvalue weighted by Gasteiger charge is -2.11. The number of nitrogens with zero attached hydrogens (tertiary/aromatic N) is 4. The number of fused-ring (bicyclic) bond motifs is 2. The van der Waals surface area contributed by atoms with Crippen molar-refractivity contribution in [1.82, 2.24) is 24.3 Å². The number of nitrogens with one attached hydrogen (secondary N) is 1. The van der Waals surface area contributed by atoms with Crippen molar-refractivity contribution < 1.29 is 19.5 Å². The number of hydrogen-bond acceptors (Lipinski definition) is 7. The number of carbonyl (C=O) groups is 3. The largest absolute Gasteiger partial charge is 0.478 e. The van der Waals surface area contributed by atoms with Gasteiger partial charge in [-0.25, -0.2) is 4.79 Å². The molecule has 0 aliphatic carbocycles. The molecule has 0 spiro atoms. The van der Waals surface area contributed by atoms with Gasteiger partial charge in [0.05, 0.1) is 11.3 Å². The van der Waals surface area contributed by atoms with Gasteiger partial charge in [0, 0.05) is 23.1 Å². The topological polar surface area (TPSA) is 127 Å². The first-order valence-electron chi connectivity index (χ1n) is 11.9. The van der Waals surface area contributed by atoms with Gasteiger partial charge in [-0.1, -0.05) is 48.5 Å². The number of amides is 1. The summed E-state index contributed by atoms with van der Waals surface area (Å²) in [6, 6.07) is 24.6. The Balaban J connectivity index is 1.39. The van der Waals surface area contributed by atoms with Crippen LogP contribution in [0.1, 0.15) is 42.6 Å². The Labute approximate surface area is 225 Å². The van der Waals surface area contributed by atoms with Crippen molar-refractivity contribution in [3.63, 3.8) is 0 Å². The SMILES string of the molecule is O=C(O)c1ccc(CNC(=O)c2cc(-c3ccsn3)cc3nnc(C(=O)c4ccc5ccccc5c4)n23)cc1. The molecule has 10 heteroatoms. The number of carboxylic acids is 1. The van der Waals surface area contributed by atoms with Gasteiger partial charge in [0.25, 0.3) is 5.91 Å². The average Bonchev–Trinajstić information content (AvgIpc) is 3.66. The third-order valence-electron chi connectivity index (χ3n) is 6.34. The van der Waals surface area contributed by atoms with Crippen molar-refractivity contribution in [2.45, 2.75) is 6.54 Å². The number of pyridine rings is 1. The molecule has 2 N–H and O–H groups in total. The van der Waals surface area contributed by atoms with E-state index in [1.807, 2.05) is 41.8 Å². The second-order valence-corrected chi connectivity index (χ2v) is 9.47. The molecule has 190 valence electrons. The number of carboxylic acid groups (broad SMARTS) is 1. The first-order chi connectivity index (χ1) is 19.0. The molecule has 6 aromatic rings. The summed E-state index contributed by atoms with van der Waals surface area (Å²) in [5.41, 5.74) is 3.15. The number of rotatable bonds is 7. The fourth-order valence-corrected chi connectivity index (χ4v) is 4.87. The van der Waals surface area contributed by atoms with Gasteiger partial charge in [0.2, 0.25) is 11.6 Å². The molecule has 0 atom stereocenters. The van der Waals surface area contributed by atoms with E-state index in [0.29, 0.717) is 22.5 Å². The van der Waals surface area contributed by atoms with E-state index in [9.17, 15) is 14.4 Å². The van der Waals surface area contributed by atoms with Crippen LogP contribution >= 0.6 is 11.5 Å². The van der Waals surface area contributed by atoms with Gasteiger partial charge in [-0.15, -0.1) is 10.2 Å². The van der Waals surface area contributed by atoms with E-state index in [-0.39, 0.29) is 29.4 Å². The summed E-state index contributed by atoms with van der Waals surface area (Å²) >= 11 is 1.28. The van der Waals surface area contributed by atoms with Crippen LogP contribution < -0.4 is 5.32 Å². The summed E-state index contributed by atoms with van der Waals surface area (Å²) in [7, 11) is 0. The van der Waals surface area contributed by atoms with E-state index in [2.05, 4.69) is 19.9 Å². The molecule has 0 aliphatic heterocycles. The first kappa shape index (κ1) is 24.1. The van der Waals surface area contributed by atoms with Gasteiger partial charge in [-0.2, -0.15) is 4.37 Å². The van der Waals surface area contributed by atoms with Crippen molar-refractivity contribution >= 4 is 45.6 Å². The Kier molecular flexibility index (Phi) is 6.14. The molecular weight excluding hydrogens is 514 g/mol. The van der Waals surface area contributed by atoms with Crippen LogP contribution in [0, 0.1) is 0 Å². The molecule has 9 nitrogen and oxygen atoms in total. The second-order valence-electron chi connectivity index (χ2n) is 8.81. The Morgan fingerprint density at radius 1 is 0.846 bits per heavy atom. The maximum Gasteiger partial charge on any atom is 0.335 e. The lowest BCUT2D eigenvalue weighted by molar-refractivity contribution is 0.0696. The van der Waals surface area contributed by atoms with E-state index in [1.54, 1.807) is 36.4 Å². The fraction of sp³-hybridized carbons (Fsp3) is 0.0345. The third-order valence-corrected chi connectivity index (χ3v) is 6.90. The molecule has 1 amide bonds. The molecule has 3 aromatic heterocycles. The Morgan fingerprint density at radius 3 is 2.36 bits per heavy atom. The van der Waals surface area contributed by atoms with Crippen LogP contribution in [-0.4, -0.2) is 41.7 Å². The van der Waals surface area contributed by atoms with Crippen LogP contribution in [0.15, 0.2) is 90.3 Å². The van der Waals surface area contributed by atoms with Crippen molar-refractivity contribution in [3.8, 4) is 11.3 Å². The van der Waals surface area contributed by atoms with Crippen LogP contribution in [-0.2, 0) is 6.54 Å². The molecule has 0 unspecified atom stereocenters. The van der Waals surface area contributed by atoms with Gasteiger partial charge in [-0.3, -0.25) is 14.0 Å². The second kappa shape index (κ2) is 9.92. The highest BCUT2D eigenvalue weighted by Gasteiger charge is 2.23. The summed E-state index contributed by atoms with van der Waals surface area (Å²) < 4.78 is 5.82. The molecule has 0 bridgehead atoms. The first-order valence-corrected chi connectivity index (χ1v) is 12.8. The monoisotopic (exact) mass is 533 g/mol. The smallest absolute Gasteiger partial charge is 0.335 e. The molecule has 0 saturated carbocycles. The van der Waals surface area contributed by atoms with E-state index in [1.165, 1.54) is 28.1 Å². The molecule has 39 heavy (non-hydrogen) atoms. The Hall–Kier alpha value is -5.22. The summed E-state index contributed by atoms with van der Waals surface area (Å²) in [6.45, 7) is 0.150. The van der Waals surface area contributed by atoms with Crippen molar-refractivity contribution in [2.24, 2.45) is 0 Å². The summed E-state index contributed by atoms with van der Waals surface area (Å²) in [6.07, 6.45) is 0. The molecule has 6 rings (SSSR count). The number of hydrogen-bond donors (Lipinski definition) is 2. The molecule has 0 saturated heterocycles. The van der Waals surface area contributed by atoms with Crippen LogP contribution in [0.3, 0.4) is 0 Å². The van der Waals surface area contributed by atoms with Gasteiger partial charge < -0.3 is 10.4 Å². The maximum atomic E-state index is 13.6. The Morgan fingerprint density at radius 2 is 1.62 bits per heavy atom. The van der Waals surface area contributed by atoms with Crippen LogP contribution in [0.4, 0.5) is 0 Å². The van der Waals surface area contributed by atoms with Gasteiger partial charge in [0.1, 0.15) is 5.69 Å². The standard InChI is InChI=1S/C29H19N5O4S/c35-26(21-10-9-18-3-1-2-4-20(18)13-21)27-32-31-25-15-22(23-11-12-39-33-23)14-24(34(25)27)28(36)30-16-17-5-7-19(8-6-17)29(37)38/h1-15H,16H2,(H,30,36)(H,37,38). The van der Waals surface area contributed by atoms with Crippen molar-refractivity contribution in [1.29, 1.82) is 0 Å². The minimum atomic E-state index is -1.02. The van der Waals surface area contributed by atoms with Crippen LogP contribution in [0.2, 0.25) is 0 Å². The van der Waals surface area contributed by atoms with Gasteiger partial charge >= 0.3 is 5.97 Å². The molecule has 0 radical (unpaired) electrons. The lowest BCUT2D eigenvalue weighted by atomic mass is 10.0. The van der Waals surface area contributed by atoms with Crippen LogP contribution in [0.25, 0.3) is 27.7 Å². The zero-order valence-electron chi connectivity index (χ0n) is 20.2. The lowest BCUT2D eigenvalue weighted by Crippen LogP contribution is -2.26. The minimum Gasteiger partial charge on any atom is -0.478 e. The summed E-state index contributed by atoms with van der Waals surface area (Å²) in [4.78, 5) is 38.2. The molecule has 3 heterocycles. The van der Waals surface area contributed by atoms with E-state index < -0.39 is 11.9 Å². The van der Waals surface area contributed by atoms with Crippen molar-refractivity contribution in [3.05, 3.63) is 119 Å². The highest BCUT2D eigenvalue weighted by molar-refractivity contribution is 7.03. The normalized spacial score (nSPS) is 11.1. The predicted molar refractivity (Wildman–Crippen MR) is 146 cm³/mol. The van der Waals surface area contributed by atoms with Gasteiger partial charge in [0.15, 0.2) is 5.65 Å². The zero-order valence-corrected chi connectivity index (χ0v) is 21.1. The van der Waals surface area contributed by atoms with E-state index in [0.717, 1.165) is 16.3 Å². The third kappa shape index (κ3) is 4.64. The van der Waals surface area contributed by atoms with Crippen molar-refractivity contribution in [2.75, 3.05) is 0 Å². The van der Waals surface area contributed by atoms with Gasteiger partial charge in [-0.05, 0) is 64.3 Å². The average molecular weight is 534 g/mol. The number of aromatic carboxylic acids is 1. The highest BCUT2D eigenvalue weighted by atomic mass is 32.1. The van der Waals surface area contributed by atoms with E-state index >= 15 is 0 Å². The number of carbonyl (C=O) groups excluding carboxylic acids is 2. The molecule has 0 fully saturated rings. The minimum absolute atomic E-state index is 0.0149. The quantitative estimate of drug-likeness (QED) is 0.281. The summed E-state index contributed by atoms with van der Waals surface area (Å²) in [5.74, 6) is -1.83. The maximum absolute atomic E-state index is 13.6. The van der Waals surface area contributed by atoms with E-state index in [4.69, 9.17) is 5.11 Å². The highest BCUT2D eigenvalue weighted by Crippen LogP contribution is 2.25. The number of aromatic nitrogens is 4. The molecular formula is C29H19N5O4S.